The predicted octanol–water partition coefficient (Wildman–Crippen LogP) is 0.504. The van der Waals surface area contributed by atoms with Crippen LogP contribution in [0.2, 0.25) is 0 Å². The lowest BCUT2D eigenvalue weighted by molar-refractivity contribution is -0.155. The molecule has 0 radical (unpaired) electrons. The third kappa shape index (κ3) is 3.96. The largest absolute Gasteiger partial charge is 0.479 e. The second-order valence-electron chi connectivity index (χ2n) is 4.14. The number of carbonyl (C=O) groups excluding carboxylic acids is 1. The van der Waals surface area contributed by atoms with E-state index in [1.165, 1.54) is 0 Å². The van der Waals surface area contributed by atoms with Crippen LogP contribution in [-0.2, 0) is 19.1 Å². The molecular weight excluding hydrogens is 238 g/mol. The van der Waals surface area contributed by atoms with Crippen molar-refractivity contribution in [3.8, 4) is 0 Å². The fourth-order valence-electron chi connectivity index (χ4n) is 1.95. The molecule has 1 amide bonds. The van der Waals surface area contributed by atoms with E-state index in [2.05, 4.69) is 0 Å². The topological polar surface area (TPSA) is 76.1 Å². The van der Waals surface area contributed by atoms with E-state index in [-0.39, 0.29) is 5.91 Å². The van der Waals surface area contributed by atoms with E-state index in [4.69, 9.17) is 14.6 Å². The summed E-state index contributed by atoms with van der Waals surface area (Å²) < 4.78 is 10.5. The van der Waals surface area contributed by atoms with Gasteiger partial charge in [0.25, 0.3) is 5.91 Å². The van der Waals surface area contributed by atoms with Crippen LogP contribution < -0.4 is 0 Å². The Bertz CT molecular complexity index is 294. The minimum Gasteiger partial charge on any atom is -0.479 e. The van der Waals surface area contributed by atoms with Crippen LogP contribution in [0.4, 0.5) is 0 Å². The molecule has 0 bridgehead atoms. The summed E-state index contributed by atoms with van der Waals surface area (Å²) in [5.41, 5.74) is 0. The second-order valence-corrected chi connectivity index (χ2v) is 4.14. The molecule has 0 saturated carbocycles. The van der Waals surface area contributed by atoms with Crippen LogP contribution in [0.1, 0.15) is 26.7 Å². The van der Waals surface area contributed by atoms with Crippen molar-refractivity contribution in [2.24, 2.45) is 0 Å². The highest BCUT2D eigenvalue weighted by Gasteiger charge is 2.36. The summed E-state index contributed by atoms with van der Waals surface area (Å²) in [5, 5.41) is 8.81. The Hall–Kier alpha value is -1.14. The monoisotopic (exact) mass is 259 g/mol. The number of amides is 1. The van der Waals surface area contributed by atoms with Crippen LogP contribution in [0.3, 0.4) is 0 Å². The summed E-state index contributed by atoms with van der Waals surface area (Å²) in [5.74, 6) is -1.14. The van der Waals surface area contributed by atoms with Gasteiger partial charge in [-0.25, -0.2) is 4.79 Å². The first-order chi connectivity index (χ1) is 8.60. The van der Waals surface area contributed by atoms with Gasteiger partial charge in [-0.2, -0.15) is 0 Å². The van der Waals surface area contributed by atoms with Crippen molar-refractivity contribution < 1.29 is 24.2 Å². The SMILES string of the molecule is CCOCCN(CC)C(=O)[C@@H]1CC[C@H](C(=O)O)O1. The van der Waals surface area contributed by atoms with Gasteiger partial charge in [0.05, 0.1) is 6.61 Å². The molecule has 0 aliphatic carbocycles. The Morgan fingerprint density at radius 2 is 2.00 bits per heavy atom. The first-order valence-corrected chi connectivity index (χ1v) is 6.34. The zero-order valence-corrected chi connectivity index (χ0v) is 10.9. The van der Waals surface area contributed by atoms with Crippen LogP contribution in [-0.4, -0.2) is 60.4 Å². The normalized spacial score (nSPS) is 23.0. The van der Waals surface area contributed by atoms with E-state index in [1.807, 2.05) is 13.8 Å². The van der Waals surface area contributed by atoms with Crippen molar-refractivity contribution in [3.05, 3.63) is 0 Å². The maximum absolute atomic E-state index is 12.1. The molecule has 1 N–H and O–H groups in total. The second kappa shape index (κ2) is 7.33. The number of nitrogens with zero attached hydrogens (tertiary/aromatic N) is 1. The molecule has 1 aliphatic rings. The number of carboxylic acid groups (broad SMARTS) is 1. The van der Waals surface area contributed by atoms with Gasteiger partial charge in [0.1, 0.15) is 6.10 Å². The Morgan fingerprint density at radius 3 is 2.50 bits per heavy atom. The number of hydrogen-bond donors (Lipinski definition) is 1. The van der Waals surface area contributed by atoms with Gasteiger partial charge in [0, 0.05) is 19.7 Å². The summed E-state index contributed by atoms with van der Waals surface area (Å²) in [6.45, 7) is 5.98. The molecule has 18 heavy (non-hydrogen) atoms. The van der Waals surface area contributed by atoms with E-state index in [0.717, 1.165) is 0 Å². The number of likely N-dealkylation sites (N-methyl/N-ethyl adjacent to an activating group) is 1. The van der Waals surface area contributed by atoms with Crippen molar-refractivity contribution in [2.45, 2.75) is 38.9 Å². The lowest BCUT2D eigenvalue weighted by Gasteiger charge is -2.23. The van der Waals surface area contributed by atoms with Gasteiger partial charge in [0.2, 0.25) is 0 Å². The molecule has 6 nitrogen and oxygen atoms in total. The zero-order valence-electron chi connectivity index (χ0n) is 10.9. The van der Waals surface area contributed by atoms with Gasteiger partial charge in [-0.3, -0.25) is 4.79 Å². The van der Waals surface area contributed by atoms with Gasteiger partial charge in [0.15, 0.2) is 6.10 Å². The lowest BCUT2D eigenvalue weighted by Crippen LogP contribution is -2.41. The Morgan fingerprint density at radius 1 is 1.33 bits per heavy atom. The molecular formula is C12H21NO5. The van der Waals surface area contributed by atoms with Crippen LogP contribution in [0.15, 0.2) is 0 Å². The fourth-order valence-corrected chi connectivity index (χ4v) is 1.95. The summed E-state index contributed by atoms with van der Waals surface area (Å²) >= 11 is 0. The molecule has 1 heterocycles. The number of rotatable bonds is 7. The summed E-state index contributed by atoms with van der Waals surface area (Å²) in [4.78, 5) is 24.5. The molecule has 0 spiro atoms. The van der Waals surface area contributed by atoms with Gasteiger partial charge in [-0.15, -0.1) is 0 Å². The average Bonchev–Trinajstić information content (AvgIpc) is 2.83. The molecule has 104 valence electrons. The van der Waals surface area contributed by atoms with E-state index in [0.29, 0.717) is 39.1 Å². The Balaban J connectivity index is 2.44. The van der Waals surface area contributed by atoms with Crippen molar-refractivity contribution in [1.29, 1.82) is 0 Å². The Kier molecular flexibility index (Phi) is 6.07. The quantitative estimate of drug-likeness (QED) is 0.674. The van der Waals surface area contributed by atoms with Gasteiger partial charge >= 0.3 is 5.97 Å². The van der Waals surface area contributed by atoms with E-state index in [9.17, 15) is 9.59 Å². The molecule has 1 rings (SSSR count). The fraction of sp³-hybridized carbons (Fsp3) is 0.833. The minimum atomic E-state index is -0.998. The standard InChI is InChI=1S/C12H21NO5/c1-3-13(7-8-17-4-2)11(14)9-5-6-10(18-9)12(15)16/h9-10H,3-8H2,1-2H3,(H,15,16)/t9-,10+/m0/s1. The van der Waals surface area contributed by atoms with E-state index >= 15 is 0 Å². The maximum Gasteiger partial charge on any atom is 0.332 e. The van der Waals surface area contributed by atoms with Crippen LogP contribution in [0, 0.1) is 0 Å². The molecule has 0 aromatic rings. The van der Waals surface area contributed by atoms with E-state index < -0.39 is 18.2 Å². The van der Waals surface area contributed by atoms with Crippen LogP contribution in [0.5, 0.6) is 0 Å². The minimum absolute atomic E-state index is 0.138. The molecule has 2 atom stereocenters. The summed E-state index contributed by atoms with van der Waals surface area (Å²) in [6, 6.07) is 0. The number of carbonyl (C=O) groups is 2. The molecule has 1 saturated heterocycles. The highest BCUT2D eigenvalue weighted by molar-refractivity contribution is 5.82. The smallest absolute Gasteiger partial charge is 0.332 e. The first kappa shape index (κ1) is 14.9. The van der Waals surface area contributed by atoms with Gasteiger partial charge < -0.3 is 19.5 Å². The average molecular weight is 259 g/mol. The predicted molar refractivity (Wildman–Crippen MR) is 64.3 cm³/mol. The molecule has 0 aromatic heterocycles. The molecule has 0 unspecified atom stereocenters. The molecule has 0 aromatic carbocycles. The van der Waals surface area contributed by atoms with Crippen molar-refractivity contribution in [3.63, 3.8) is 0 Å². The molecule has 1 aliphatic heterocycles. The number of ether oxygens (including phenoxy) is 2. The lowest BCUT2D eigenvalue weighted by atomic mass is 10.2. The molecule has 6 heteroatoms. The summed E-state index contributed by atoms with van der Waals surface area (Å²) in [7, 11) is 0. The third-order valence-electron chi connectivity index (χ3n) is 2.97. The van der Waals surface area contributed by atoms with E-state index in [1.54, 1.807) is 4.90 Å². The van der Waals surface area contributed by atoms with Gasteiger partial charge in [-0.05, 0) is 26.7 Å². The summed E-state index contributed by atoms with van der Waals surface area (Å²) in [6.07, 6.45) is -0.590. The highest BCUT2D eigenvalue weighted by Crippen LogP contribution is 2.21. The van der Waals surface area contributed by atoms with Crippen molar-refractivity contribution in [2.75, 3.05) is 26.3 Å². The van der Waals surface area contributed by atoms with Crippen LogP contribution >= 0.6 is 0 Å². The zero-order chi connectivity index (χ0) is 13.5. The maximum atomic E-state index is 12.1. The number of hydrogen-bond acceptors (Lipinski definition) is 4. The van der Waals surface area contributed by atoms with Crippen molar-refractivity contribution >= 4 is 11.9 Å². The highest BCUT2D eigenvalue weighted by atomic mass is 16.5. The van der Waals surface area contributed by atoms with Crippen molar-refractivity contribution in [1.82, 2.24) is 4.90 Å². The number of aliphatic carboxylic acids is 1. The van der Waals surface area contributed by atoms with Gasteiger partial charge in [-0.1, -0.05) is 0 Å². The number of carboxylic acids is 1. The Labute approximate surface area is 107 Å². The first-order valence-electron chi connectivity index (χ1n) is 6.34. The van der Waals surface area contributed by atoms with Crippen LogP contribution in [0.25, 0.3) is 0 Å². The molecule has 1 fully saturated rings. The third-order valence-corrected chi connectivity index (χ3v) is 2.97.